The number of hydrogen-bond donors (Lipinski definition) is 0. The minimum absolute atomic E-state index is 0.360. The number of carbonyl (C=O) groups is 1. The first-order chi connectivity index (χ1) is 10.3. The number of methoxy groups -OCH3 is 1. The van der Waals surface area contributed by atoms with Crippen molar-refractivity contribution in [2.45, 2.75) is 32.2 Å². The second kappa shape index (κ2) is 6.22. The number of pyridine rings is 1. The largest absolute Gasteiger partial charge is 0.465 e. The Kier molecular flexibility index (Phi) is 4.15. The van der Waals surface area contributed by atoms with Gasteiger partial charge in [-0.2, -0.15) is 0 Å². The molecule has 3 heterocycles. The zero-order chi connectivity index (χ0) is 14.7. The molecule has 0 atom stereocenters. The average Bonchev–Trinajstić information content (AvgIpc) is 2.72. The van der Waals surface area contributed by atoms with Crippen LogP contribution in [0.1, 0.15) is 41.9 Å². The first-order valence-corrected chi connectivity index (χ1v) is 7.42. The van der Waals surface area contributed by atoms with Crippen molar-refractivity contribution in [3.05, 3.63) is 29.7 Å². The van der Waals surface area contributed by atoms with Gasteiger partial charge in [-0.1, -0.05) is 12.8 Å². The molecule has 0 saturated carbocycles. The predicted molar refractivity (Wildman–Crippen MR) is 78.1 cm³/mol. The van der Waals surface area contributed by atoms with Crippen molar-refractivity contribution in [3.63, 3.8) is 0 Å². The van der Waals surface area contributed by atoms with Crippen molar-refractivity contribution in [3.8, 4) is 0 Å². The zero-order valence-corrected chi connectivity index (χ0v) is 12.3. The van der Waals surface area contributed by atoms with Gasteiger partial charge in [-0.05, 0) is 38.1 Å². The fourth-order valence-corrected chi connectivity index (χ4v) is 2.73. The summed E-state index contributed by atoms with van der Waals surface area (Å²) in [4.78, 5) is 18.5. The van der Waals surface area contributed by atoms with E-state index in [1.165, 1.54) is 32.8 Å². The van der Waals surface area contributed by atoms with Gasteiger partial charge in [0.15, 0.2) is 11.5 Å². The molecule has 0 aliphatic carbocycles. The molecule has 0 spiro atoms. The summed E-state index contributed by atoms with van der Waals surface area (Å²) < 4.78 is 6.37. The van der Waals surface area contributed by atoms with Gasteiger partial charge in [0.05, 0.1) is 19.2 Å². The smallest absolute Gasteiger partial charge is 0.339 e. The molecule has 1 aliphatic heterocycles. The number of rotatable bonds is 3. The monoisotopic (exact) mass is 288 g/mol. The van der Waals surface area contributed by atoms with Gasteiger partial charge in [0, 0.05) is 6.20 Å². The Morgan fingerprint density at radius 2 is 2.00 bits per heavy atom. The molecule has 0 unspecified atom stereocenters. The first-order valence-electron chi connectivity index (χ1n) is 7.42. The number of nitrogens with zero attached hydrogens (tertiary/aromatic N) is 4. The van der Waals surface area contributed by atoms with E-state index in [1.807, 2.05) is 0 Å². The minimum atomic E-state index is -0.360. The van der Waals surface area contributed by atoms with Crippen molar-refractivity contribution in [2.75, 3.05) is 20.2 Å². The van der Waals surface area contributed by atoms with Crippen LogP contribution < -0.4 is 0 Å². The highest BCUT2D eigenvalue weighted by Crippen LogP contribution is 2.13. The summed E-state index contributed by atoms with van der Waals surface area (Å²) in [5.74, 6) is 0.445. The normalized spacial score (nSPS) is 16.8. The van der Waals surface area contributed by atoms with Crippen molar-refractivity contribution in [2.24, 2.45) is 0 Å². The van der Waals surface area contributed by atoms with Crippen LogP contribution in [-0.2, 0) is 11.3 Å². The lowest BCUT2D eigenvalue weighted by Crippen LogP contribution is -2.24. The molecule has 0 bridgehead atoms. The van der Waals surface area contributed by atoms with Gasteiger partial charge in [-0.3, -0.25) is 4.90 Å². The molecule has 0 N–H and O–H groups in total. The van der Waals surface area contributed by atoms with Crippen LogP contribution in [0, 0.1) is 0 Å². The van der Waals surface area contributed by atoms with Crippen molar-refractivity contribution < 1.29 is 9.53 Å². The molecule has 1 saturated heterocycles. The molecular formula is C15H20N4O2. The van der Waals surface area contributed by atoms with Gasteiger partial charge in [-0.25, -0.2) is 14.3 Å². The highest BCUT2D eigenvalue weighted by Gasteiger charge is 2.13. The van der Waals surface area contributed by atoms with Crippen LogP contribution in [0.5, 0.6) is 0 Å². The SMILES string of the molecule is COC(=O)c1ccc2nc(CN3CCCCCC3)nn2c1. The highest BCUT2D eigenvalue weighted by atomic mass is 16.5. The van der Waals surface area contributed by atoms with Gasteiger partial charge in [0.25, 0.3) is 0 Å². The maximum atomic E-state index is 11.5. The molecule has 21 heavy (non-hydrogen) atoms. The standard InChI is InChI=1S/C15H20N4O2/c1-21-15(20)12-6-7-14-16-13(17-19(14)10-12)11-18-8-4-2-3-5-9-18/h6-7,10H,2-5,8-9,11H2,1H3. The summed E-state index contributed by atoms with van der Waals surface area (Å²) in [5, 5.41) is 4.47. The Bertz CT molecular complexity index is 630. The lowest BCUT2D eigenvalue weighted by atomic mass is 10.2. The third-order valence-electron chi connectivity index (χ3n) is 3.86. The van der Waals surface area contributed by atoms with Crippen LogP contribution in [0.15, 0.2) is 18.3 Å². The summed E-state index contributed by atoms with van der Waals surface area (Å²) in [6.45, 7) is 3.00. The summed E-state index contributed by atoms with van der Waals surface area (Å²) >= 11 is 0. The van der Waals surface area contributed by atoms with Gasteiger partial charge < -0.3 is 4.74 Å². The van der Waals surface area contributed by atoms with E-state index in [0.29, 0.717) is 5.56 Å². The van der Waals surface area contributed by atoms with Gasteiger partial charge in [0.2, 0.25) is 0 Å². The van der Waals surface area contributed by atoms with Gasteiger partial charge in [-0.15, -0.1) is 5.10 Å². The Labute approximate surface area is 123 Å². The zero-order valence-electron chi connectivity index (χ0n) is 12.3. The number of likely N-dealkylation sites (tertiary alicyclic amines) is 1. The molecular weight excluding hydrogens is 268 g/mol. The number of ether oxygens (including phenoxy) is 1. The molecule has 1 aliphatic rings. The number of esters is 1. The number of hydrogen-bond acceptors (Lipinski definition) is 5. The van der Waals surface area contributed by atoms with E-state index in [-0.39, 0.29) is 5.97 Å². The van der Waals surface area contributed by atoms with Crippen molar-refractivity contribution >= 4 is 11.6 Å². The van der Waals surface area contributed by atoms with E-state index in [2.05, 4.69) is 15.0 Å². The van der Waals surface area contributed by atoms with Crippen LogP contribution in [-0.4, -0.2) is 45.7 Å². The van der Waals surface area contributed by atoms with E-state index >= 15 is 0 Å². The average molecular weight is 288 g/mol. The molecule has 1 fully saturated rings. The van der Waals surface area contributed by atoms with Crippen molar-refractivity contribution in [1.82, 2.24) is 19.5 Å². The highest BCUT2D eigenvalue weighted by molar-refractivity contribution is 5.89. The maximum Gasteiger partial charge on any atom is 0.339 e. The quantitative estimate of drug-likeness (QED) is 0.807. The van der Waals surface area contributed by atoms with Crippen LogP contribution >= 0.6 is 0 Å². The first kappa shape index (κ1) is 14.0. The summed E-state index contributed by atoms with van der Waals surface area (Å²) in [6, 6.07) is 3.51. The molecule has 0 aromatic carbocycles. The van der Waals surface area contributed by atoms with Crippen LogP contribution in [0.4, 0.5) is 0 Å². The number of carbonyl (C=O) groups excluding carboxylic acids is 1. The molecule has 2 aromatic rings. The summed E-state index contributed by atoms with van der Waals surface area (Å²) in [5.41, 5.74) is 1.24. The summed E-state index contributed by atoms with van der Waals surface area (Å²) in [7, 11) is 1.37. The molecule has 6 heteroatoms. The minimum Gasteiger partial charge on any atom is -0.465 e. The Morgan fingerprint density at radius 1 is 1.24 bits per heavy atom. The molecule has 2 aromatic heterocycles. The Morgan fingerprint density at radius 3 is 2.71 bits per heavy atom. The molecule has 6 nitrogen and oxygen atoms in total. The summed E-state index contributed by atoms with van der Waals surface area (Å²) in [6.07, 6.45) is 6.80. The molecule has 0 amide bonds. The van der Waals surface area contributed by atoms with Crippen LogP contribution in [0.2, 0.25) is 0 Å². The molecule has 0 radical (unpaired) electrons. The second-order valence-electron chi connectivity index (χ2n) is 5.43. The Balaban J connectivity index is 1.78. The van der Waals surface area contributed by atoms with E-state index in [1.54, 1.807) is 22.8 Å². The Hall–Kier alpha value is -1.95. The van der Waals surface area contributed by atoms with Gasteiger partial charge >= 0.3 is 5.97 Å². The topological polar surface area (TPSA) is 59.7 Å². The van der Waals surface area contributed by atoms with E-state index in [0.717, 1.165) is 31.1 Å². The molecule has 112 valence electrons. The third-order valence-corrected chi connectivity index (χ3v) is 3.86. The number of fused-ring (bicyclic) bond motifs is 1. The predicted octanol–water partition coefficient (Wildman–Crippen LogP) is 1.89. The van der Waals surface area contributed by atoms with E-state index in [9.17, 15) is 4.79 Å². The number of aromatic nitrogens is 3. The van der Waals surface area contributed by atoms with Crippen molar-refractivity contribution in [1.29, 1.82) is 0 Å². The maximum absolute atomic E-state index is 11.5. The van der Waals surface area contributed by atoms with Crippen LogP contribution in [0.3, 0.4) is 0 Å². The van der Waals surface area contributed by atoms with E-state index in [4.69, 9.17) is 4.74 Å². The van der Waals surface area contributed by atoms with Crippen LogP contribution in [0.25, 0.3) is 5.65 Å². The van der Waals surface area contributed by atoms with Gasteiger partial charge in [0.1, 0.15) is 0 Å². The van der Waals surface area contributed by atoms with E-state index < -0.39 is 0 Å². The lowest BCUT2D eigenvalue weighted by Gasteiger charge is -2.17. The fourth-order valence-electron chi connectivity index (χ4n) is 2.73. The lowest BCUT2D eigenvalue weighted by molar-refractivity contribution is 0.0600. The fraction of sp³-hybridized carbons (Fsp3) is 0.533. The molecule has 3 rings (SSSR count). The second-order valence-corrected chi connectivity index (χ2v) is 5.43. The third kappa shape index (κ3) is 3.21.